The Labute approximate surface area is 168 Å². The first-order valence-electron chi connectivity index (χ1n) is 10.4. The molecule has 2 heterocycles. The SMILES string of the molecule is CCNC(=NCc1ccc(N2CC=CC2)cc1)N1CCCC(C(=O)OCC)C1. The number of likely N-dealkylation sites (tertiary alicyclic amines) is 1. The highest BCUT2D eigenvalue weighted by Crippen LogP contribution is 2.20. The molecule has 1 aromatic rings. The number of anilines is 1. The third-order valence-electron chi connectivity index (χ3n) is 5.21. The van der Waals surface area contributed by atoms with Crippen LogP contribution in [0, 0.1) is 5.92 Å². The first-order valence-corrected chi connectivity index (χ1v) is 10.4. The fraction of sp³-hybridized carbons (Fsp3) is 0.545. The fourth-order valence-electron chi connectivity index (χ4n) is 3.72. The molecule has 2 aliphatic rings. The van der Waals surface area contributed by atoms with Crippen LogP contribution in [0.1, 0.15) is 32.3 Å². The molecule has 2 aliphatic heterocycles. The first-order chi connectivity index (χ1) is 13.7. The van der Waals surface area contributed by atoms with Gasteiger partial charge in [-0.05, 0) is 44.4 Å². The minimum Gasteiger partial charge on any atom is -0.466 e. The van der Waals surface area contributed by atoms with Crippen LogP contribution in [0.15, 0.2) is 41.4 Å². The number of aliphatic imine (C=N–C) groups is 1. The summed E-state index contributed by atoms with van der Waals surface area (Å²) in [4.78, 5) is 21.5. The van der Waals surface area contributed by atoms with E-state index in [1.165, 1.54) is 11.3 Å². The van der Waals surface area contributed by atoms with Crippen LogP contribution in [0.3, 0.4) is 0 Å². The van der Waals surface area contributed by atoms with E-state index in [0.717, 1.165) is 45.0 Å². The van der Waals surface area contributed by atoms with Crippen molar-refractivity contribution in [3.63, 3.8) is 0 Å². The molecule has 0 aromatic heterocycles. The van der Waals surface area contributed by atoms with Crippen molar-refractivity contribution in [2.45, 2.75) is 33.2 Å². The highest BCUT2D eigenvalue weighted by molar-refractivity contribution is 5.81. The molecule has 0 radical (unpaired) electrons. The molecule has 1 unspecified atom stereocenters. The molecule has 1 fully saturated rings. The summed E-state index contributed by atoms with van der Waals surface area (Å²) in [6.07, 6.45) is 6.26. The lowest BCUT2D eigenvalue weighted by Gasteiger charge is -2.34. The molecule has 0 amide bonds. The van der Waals surface area contributed by atoms with E-state index in [4.69, 9.17) is 9.73 Å². The van der Waals surface area contributed by atoms with E-state index in [2.05, 4.69) is 58.5 Å². The molecule has 152 valence electrons. The minimum absolute atomic E-state index is 0.0640. The summed E-state index contributed by atoms with van der Waals surface area (Å²) in [6, 6.07) is 8.64. The Hall–Kier alpha value is -2.50. The van der Waals surface area contributed by atoms with E-state index in [1.54, 1.807) is 0 Å². The molecule has 0 spiro atoms. The number of benzene rings is 1. The van der Waals surface area contributed by atoms with Gasteiger partial charge in [-0.3, -0.25) is 4.79 Å². The maximum Gasteiger partial charge on any atom is 0.310 e. The molecular weight excluding hydrogens is 352 g/mol. The monoisotopic (exact) mass is 384 g/mol. The van der Waals surface area contributed by atoms with Gasteiger partial charge in [0.15, 0.2) is 5.96 Å². The lowest BCUT2D eigenvalue weighted by molar-refractivity contribution is -0.149. The van der Waals surface area contributed by atoms with Gasteiger partial charge in [0, 0.05) is 38.4 Å². The number of carbonyl (C=O) groups is 1. The third-order valence-corrected chi connectivity index (χ3v) is 5.21. The van der Waals surface area contributed by atoms with E-state index >= 15 is 0 Å². The van der Waals surface area contributed by atoms with Crippen molar-refractivity contribution in [1.29, 1.82) is 0 Å². The third kappa shape index (κ3) is 5.27. The van der Waals surface area contributed by atoms with Crippen molar-refractivity contribution in [3.05, 3.63) is 42.0 Å². The molecule has 1 N–H and O–H groups in total. The molecule has 1 saturated heterocycles. The minimum atomic E-state index is -0.0879. The predicted molar refractivity (Wildman–Crippen MR) is 114 cm³/mol. The van der Waals surface area contributed by atoms with Crippen molar-refractivity contribution in [1.82, 2.24) is 10.2 Å². The Morgan fingerprint density at radius 1 is 1.21 bits per heavy atom. The second-order valence-corrected chi connectivity index (χ2v) is 7.25. The van der Waals surface area contributed by atoms with E-state index in [9.17, 15) is 4.79 Å². The smallest absolute Gasteiger partial charge is 0.310 e. The molecule has 0 bridgehead atoms. The van der Waals surface area contributed by atoms with Crippen molar-refractivity contribution in [3.8, 4) is 0 Å². The number of nitrogens with one attached hydrogen (secondary N) is 1. The van der Waals surface area contributed by atoms with Crippen molar-refractivity contribution in [2.24, 2.45) is 10.9 Å². The molecular formula is C22H32N4O2. The quantitative estimate of drug-likeness (QED) is 0.354. The number of ether oxygens (including phenoxy) is 1. The summed E-state index contributed by atoms with van der Waals surface area (Å²) in [7, 11) is 0. The Bertz CT molecular complexity index is 691. The van der Waals surface area contributed by atoms with Gasteiger partial charge in [-0.2, -0.15) is 0 Å². The van der Waals surface area contributed by atoms with Crippen LogP contribution in [0.25, 0.3) is 0 Å². The molecule has 6 nitrogen and oxygen atoms in total. The molecule has 0 aliphatic carbocycles. The second kappa shape index (κ2) is 10.2. The number of rotatable bonds is 6. The second-order valence-electron chi connectivity index (χ2n) is 7.25. The molecule has 6 heteroatoms. The van der Waals surface area contributed by atoms with Gasteiger partial charge in [0.25, 0.3) is 0 Å². The zero-order valence-electron chi connectivity index (χ0n) is 17.1. The van der Waals surface area contributed by atoms with E-state index in [0.29, 0.717) is 19.7 Å². The topological polar surface area (TPSA) is 57.2 Å². The Morgan fingerprint density at radius 3 is 2.64 bits per heavy atom. The summed E-state index contributed by atoms with van der Waals surface area (Å²) in [5.74, 6) is 0.727. The van der Waals surface area contributed by atoms with E-state index in [-0.39, 0.29) is 11.9 Å². The summed E-state index contributed by atoms with van der Waals surface area (Å²) in [5.41, 5.74) is 2.43. The van der Waals surface area contributed by atoms with Crippen LogP contribution in [0.5, 0.6) is 0 Å². The van der Waals surface area contributed by atoms with Crippen LogP contribution in [0.2, 0.25) is 0 Å². The average Bonchev–Trinajstić information content (AvgIpc) is 3.27. The van der Waals surface area contributed by atoms with Crippen molar-refractivity contribution >= 4 is 17.6 Å². The van der Waals surface area contributed by atoms with E-state index < -0.39 is 0 Å². The number of carbonyl (C=O) groups excluding carboxylic acids is 1. The van der Waals surface area contributed by atoms with Crippen LogP contribution < -0.4 is 10.2 Å². The highest BCUT2D eigenvalue weighted by atomic mass is 16.5. The lowest BCUT2D eigenvalue weighted by Crippen LogP contribution is -2.48. The Kier molecular flexibility index (Phi) is 7.34. The molecule has 1 atom stereocenters. The number of nitrogens with zero attached hydrogens (tertiary/aromatic N) is 3. The lowest BCUT2D eigenvalue weighted by atomic mass is 9.98. The van der Waals surface area contributed by atoms with Gasteiger partial charge in [0.2, 0.25) is 0 Å². The van der Waals surface area contributed by atoms with Gasteiger partial charge in [-0.1, -0.05) is 24.3 Å². The van der Waals surface area contributed by atoms with Gasteiger partial charge >= 0.3 is 5.97 Å². The Morgan fingerprint density at radius 2 is 1.96 bits per heavy atom. The van der Waals surface area contributed by atoms with Crippen molar-refractivity contribution < 1.29 is 9.53 Å². The summed E-state index contributed by atoms with van der Waals surface area (Å²) in [5, 5.41) is 3.38. The zero-order chi connectivity index (χ0) is 19.8. The largest absolute Gasteiger partial charge is 0.466 e. The summed E-state index contributed by atoms with van der Waals surface area (Å²) >= 11 is 0. The predicted octanol–water partition coefficient (Wildman–Crippen LogP) is 2.80. The number of hydrogen-bond donors (Lipinski definition) is 1. The molecule has 28 heavy (non-hydrogen) atoms. The number of piperidine rings is 1. The van der Waals surface area contributed by atoms with Crippen LogP contribution in [-0.4, -0.2) is 56.2 Å². The van der Waals surface area contributed by atoms with Gasteiger partial charge in [0.1, 0.15) is 0 Å². The summed E-state index contributed by atoms with van der Waals surface area (Å²) < 4.78 is 5.22. The van der Waals surface area contributed by atoms with Gasteiger partial charge in [-0.25, -0.2) is 4.99 Å². The standard InChI is InChI=1S/C22H32N4O2/c1-3-23-22(26-15-7-8-19(17-26)21(27)28-4-2)24-16-18-9-11-20(12-10-18)25-13-5-6-14-25/h5-6,9-12,19H,3-4,7-8,13-17H2,1-2H3,(H,23,24). The number of esters is 1. The zero-order valence-corrected chi connectivity index (χ0v) is 17.1. The summed E-state index contributed by atoms with van der Waals surface area (Å²) in [6.45, 7) is 9.36. The van der Waals surface area contributed by atoms with Crippen molar-refractivity contribution in [2.75, 3.05) is 44.2 Å². The molecule has 1 aromatic carbocycles. The number of guanidine groups is 1. The number of hydrogen-bond acceptors (Lipinski definition) is 4. The van der Waals surface area contributed by atoms with Gasteiger partial charge < -0.3 is 19.9 Å². The van der Waals surface area contributed by atoms with Crippen LogP contribution in [0.4, 0.5) is 5.69 Å². The highest BCUT2D eigenvalue weighted by Gasteiger charge is 2.28. The van der Waals surface area contributed by atoms with Gasteiger partial charge in [-0.15, -0.1) is 0 Å². The molecule has 3 rings (SSSR count). The van der Waals surface area contributed by atoms with Gasteiger partial charge in [0.05, 0.1) is 19.1 Å². The average molecular weight is 385 g/mol. The van der Waals surface area contributed by atoms with Crippen LogP contribution >= 0.6 is 0 Å². The normalized spacial score (nSPS) is 19.8. The van der Waals surface area contributed by atoms with E-state index in [1.807, 2.05) is 6.92 Å². The maximum atomic E-state index is 12.1. The van der Waals surface area contributed by atoms with Crippen LogP contribution in [-0.2, 0) is 16.1 Å². The Balaban J connectivity index is 1.62. The fourth-order valence-corrected chi connectivity index (χ4v) is 3.72. The first kappa shape index (κ1) is 20.2. The molecule has 0 saturated carbocycles. The maximum absolute atomic E-state index is 12.1.